The van der Waals surface area contributed by atoms with Gasteiger partial charge < -0.3 is 5.73 Å². The van der Waals surface area contributed by atoms with Crippen LogP contribution in [0.5, 0.6) is 0 Å². The molecule has 20 heavy (non-hydrogen) atoms. The summed E-state index contributed by atoms with van der Waals surface area (Å²) in [7, 11) is 0. The minimum atomic E-state index is 0.738. The number of nitrogens with two attached hydrogens (primary N) is 1. The zero-order valence-electron chi connectivity index (χ0n) is 13.1. The van der Waals surface area contributed by atoms with Gasteiger partial charge in [0.2, 0.25) is 0 Å². The van der Waals surface area contributed by atoms with Crippen LogP contribution >= 0.6 is 0 Å². The van der Waals surface area contributed by atoms with Gasteiger partial charge in [0.05, 0.1) is 0 Å². The molecule has 1 aliphatic rings. The topological polar surface area (TPSA) is 29.3 Å². The Bertz CT molecular complexity index is 383. The molecule has 1 aromatic carbocycles. The Hall–Kier alpha value is -0.860. The van der Waals surface area contributed by atoms with E-state index >= 15 is 0 Å². The van der Waals surface area contributed by atoms with Crippen LogP contribution in [0.4, 0.5) is 0 Å². The third kappa shape index (κ3) is 4.60. The predicted octanol–water partition coefficient (Wildman–Crippen LogP) is 3.45. The molecule has 0 radical (unpaired) electrons. The number of nitrogens with zero attached hydrogens (tertiary/aromatic N) is 1. The molecule has 1 unspecified atom stereocenters. The van der Waals surface area contributed by atoms with Crippen LogP contribution in [0.25, 0.3) is 0 Å². The second-order valence-corrected chi connectivity index (χ2v) is 6.57. The van der Waals surface area contributed by atoms with Gasteiger partial charge in [0.15, 0.2) is 0 Å². The van der Waals surface area contributed by atoms with Gasteiger partial charge in [-0.25, -0.2) is 0 Å². The number of hydrogen-bond donors (Lipinski definition) is 1. The van der Waals surface area contributed by atoms with Gasteiger partial charge in [-0.05, 0) is 68.3 Å². The highest BCUT2D eigenvalue weighted by Crippen LogP contribution is 2.25. The highest BCUT2D eigenvalue weighted by Gasteiger charge is 2.19. The summed E-state index contributed by atoms with van der Waals surface area (Å²) in [6.45, 7) is 9.10. The maximum Gasteiger partial charge on any atom is 0.0233 e. The molecule has 2 rings (SSSR count). The summed E-state index contributed by atoms with van der Waals surface area (Å²) in [5.41, 5.74) is 8.39. The Morgan fingerprint density at radius 3 is 2.45 bits per heavy atom. The molecule has 2 heteroatoms. The Labute approximate surface area is 124 Å². The van der Waals surface area contributed by atoms with Crippen molar-refractivity contribution < 1.29 is 0 Å². The van der Waals surface area contributed by atoms with Gasteiger partial charge in [0.25, 0.3) is 0 Å². The maximum absolute atomic E-state index is 5.59. The Balaban J connectivity index is 1.86. The highest BCUT2D eigenvalue weighted by atomic mass is 15.1. The summed E-state index contributed by atoms with van der Waals surface area (Å²) in [6.07, 6.45) is 5.11. The molecule has 1 aromatic rings. The zero-order chi connectivity index (χ0) is 14.4. The minimum Gasteiger partial charge on any atom is -0.330 e. The number of likely N-dealkylation sites (tertiary alicyclic amines) is 1. The van der Waals surface area contributed by atoms with Gasteiger partial charge in [-0.3, -0.25) is 4.90 Å². The van der Waals surface area contributed by atoms with Gasteiger partial charge in [-0.1, -0.05) is 38.1 Å². The molecule has 2 nitrogen and oxygen atoms in total. The summed E-state index contributed by atoms with van der Waals surface area (Å²) in [5.74, 6) is 1.76. The van der Waals surface area contributed by atoms with Crippen LogP contribution in [0.1, 0.15) is 44.2 Å². The van der Waals surface area contributed by atoms with Crippen LogP contribution in [0.3, 0.4) is 0 Å². The standard InChI is InChI=1S/C18H30N2/c1-15(2)18-4-3-12-20(13-10-18)14-17-7-5-16(6-8-17)9-11-19/h5-8,15,18H,3-4,9-14,19H2,1-2H3. The van der Waals surface area contributed by atoms with Crippen LogP contribution in [-0.2, 0) is 13.0 Å². The van der Waals surface area contributed by atoms with E-state index in [1.165, 1.54) is 43.5 Å². The first kappa shape index (κ1) is 15.5. The molecule has 0 spiro atoms. The van der Waals surface area contributed by atoms with E-state index in [0.717, 1.165) is 31.3 Å². The maximum atomic E-state index is 5.59. The molecule has 0 saturated carbocycles. The summed E-state index contributed by atoms with van der Waals surface area (Å²) < 4.78 is 0. The van der Waals surface area contributed by atoms with Gasteiger partial charge in [0, 0.05) is 6.54 Å². The van der Waals surface area contributed by atoms with Crippen LogP contribution in [0.15, 0.2) is 24.3 Å². The molecule has 112 valence electrons. The smallest absolute Gasteiger partial charge is 0.0233 e. The minimum absolute atomic E-state index is 0.738. The lowest BCUT2D eigenvalue weighted by atomic mass is 9.89. The lowest BCUT2D eigenvalue weighted by Crippen LogP contribution is -2.24. The first-order valence-electron chi connectivity index (χ1n) is 8.19. The van der Waals surface area contributed by atoms with E-state index in [1.54, 1.807) is 0 Å². The fourth-order valence-corrected chi connectivity index (χ4v) is 3.24. The zero-order valence-corrected chi connectivity index (χ0v) is 13.1. The normalized spacial score (nSPS) is 21.1. The van der Waals surface area contributed by atoms with Crippen LogP contribution < -0.4 is 5.73 Å². The van der Waals surface area contributed by atoms with Gasteiger partial charge >= 0.3 is 0 Å². The average molecular weight is 274 g/mol. The van der Waals surface area contributed by atoms with Crippen LogP contribution in [0, 0.1) is 11.8 Å². The van der Waals surface area contributed by atoms with E-state index < -0.39 is 0 Å². The average Bonchev–Trinajstić information content (AvgIpc) is 2.67. The van der Waals surface area contributed by atoms with Crippen molar-refractivity contribution in [1.82, 2.24) is 4.90 Å². The molecule has 1 saturated heterocycles. The summed E-state index contributed by atoms with van der Waals surface area (Å²) in [4.78, 5) is 2.63. The van der Waals surface area contributed by atoms with Crippen molar-refractivity contribution in [2.75, 3.05) is 19.6 Å². The monoisotopic (exact) mass is 274 g/mol. The molecule has 1 fully saturated rings. The van der Waals surface area contributed by atoms with E-state index in [4.69, 9.17) is 5.73 Å². The quantitative estimate of drug-likeness (QED) is 0.891. The first-order chi connectivity index (χ1) is 9.69. The summed E-state index contributed by atoms with van der Waals surface area (Å²) in [5, 5.41) is 0. The third-order valence-corrected chi connectivity index (χ3v) is 4.67. The number of rotatable bonds is 5. The van der Waals surface area contributed by atoms with Crippen molar-refractivity contribution in [3.05, 3.63) is 35.4 Å². The van der Waals surface area contributed by atoms with E-state index in [9.17, 15) is 0 Å². The van der Waals surface area contributed by atoms with Gasteiger partial charge in [-0.2, -0.15) is 0 Å². The Kier molecular flexibility index (Phi) is 6.06. The summed E-state index contributed by atoms with van der Waals surface area (Å²) in [6, 6.07) is 9.01. The Morgan fingerprint density at radius 1 is 1.10 bits per heavy atom. The molecule has 1 heterocycles. The predicted molar refractivity (Wildman–Crippen MR) is 86.7 cm³/mol. The van der Waals surface area contributed by atoms with Crippen molar-refractivity contribution in [2.24, 2.45) is 17.6 Å². The number of benzene rings is 1. The highest BCUT2D eigenvalue weighted by molar-refractivity contribution is 5.22. The van der Waals surface area contributed by atoms with Gasteiger partial charge in [0.1, 0.15) is 0 Å². The van der Waals surface area contributed by atoms with Crippen molar-refractivity contribution in [3.63, 3.8) is 0 Å². The fraction of sp³-hybridized carbons (Fsp3) is 0.667. The van der Waals surface area contributed by atoms with Crippen molar-refractivity contribution in [3.8, 4) is 0 Å². The summed E-state index contributed by atoms with van der Waals surface area (Å²) >= 11 is 0. The van der Waals surface area contributed by atoms with Crippen molar-refractivity contribution >= 4 is 0 Å². The molecule has 1 atom stereocenters. The SMILES string of the molecule is CC(C)C1CCCN(Cc2ccc(CCN)cc2)CC1. The molecular weight excluding hydrogens is 244 g/mol. The first-order valence-corrected chi connectivity index (χ1v) is 8.19. The van der Waals surface area contributed by atoms with E-state index in [2.05, 4.69) is 43.0 Å². The molecule has 1 aliphatic heterocycles. The fourth-order valence-electron chi connectivity index (χ4n) is 3.24. The second-order valence-electron chi connectivity index (χ2n) is 6.57. The van der Waals surface area contributed by atoms with Crippen LogP contribution in [0.2, 0.25) is 0 Å². The molecular formula is C18H30N2. The van der Waals surface area contributed by atoms with Gasteiger partial charge in [-0.15, -0.1) is 0 Å². The molecule has 2 N–H and O–H groups in total. The molecule has 0 amide bonds. The largest absolute Gasteiger partial charge is 0.330 e. The third-order valence-electron chi connectivity index (χ3n) is 4.67. The Morgan fingerprint density at radius 2 is 1.80 bits per heavy atom. The second kappa shape index (κ2) is 7.80. The molecule has 0 bridgehead atoms. The van der Waals surface area contributed by atoms with Crippen molar-refractivity contribution in [2.45, 2.75) is 46.1 Å². The number of hydrogen-bond acceptors (Lipinski definition) is 2. The lowest BCUT2D eigenvalue weighted by Gasteiger charge is -2.21. The van der Waals surface area contributed by atoms with E-state index in [1.807, 2.05) is 0 Å². The lowest BCUT2D eigenvalue weighted by molar-refractivity contribution is 0.265. The van der Waals surface area contributed by atoms with E-state index in [-0.39, 0.29) is 0 Å². The van der Waals surface area contributed by atoms with Crippen LogP contribution in [-0.4, -0.2) is 24.5 Å². The molecule has 0 aliphatic carbocycles. The van der Waals surface area contributed by atoms with Crippen molar-refractivity contribution in [1.29, 1.82) is 0 Å². The van der Waals surface area contributed by atoms with E-state index in [0.29, 0.717) is 0 Å². The molecule has 0 aromatic heterocycles.